The molecule has 1 N–H and O–H groups in total. The second-order valence-corrected chi connectivity index (χ2v) is 5.92. The number of rotatable bonds is 6. The Bertz CT molecular complexity index is 149. The summed E-state index contributed by atoms with van der Waals surface area (Å²) in [5.41, 5.74) is 0. The van der Waals surface area contributed by atoms with E-state index in [-0.39, 0.29) is 0 Å². The van der Waals surface area contributed by atoms with Crippen molar-refractivity contribution in [2.45, 2.75) is 46.1 Å². The summed E-state index contributed by atoms with van der Waals surface area (Å²) in [5, 5.41) is 3.71. The van der Waals surface area contributed by atoms with Gasteiger partial charge in [0.1, 0.15) is 0 Å². The topological polar surface area (TPSA) is 12.0 Å². The van der Waals surface area contributed by atoms with Gasteiger partial charge in [-0.25, -0.2) is 0 Å². The van der Waals surface area contributed by atoms with Crippen LogP contribution in [0.5, 0.6) is 0 Å². The van der Waals surface area contributed by atoms with Crippen molar-refractivity contribution < 1.29 is 0 Å². The third-order valence-electron chi connectivity index (χ3n) is 3.54. The Labute approximate surface area is 93.4 Å². The summed E-state index contributed by atoms with van der Waals surface area (Å²) in [4.78, 5) is 0. The SMILES string of the molecule is CCSCCCNC1CCC(C)C1C. The molecule has 1 rings (SSSR count). The molecule has 2 heteroatoms. The second-order valence-electron chi connectivity index (χ2n) is 4.52. The molecule has 0 radical (unpaired) electrons. The first kappa shape index (κ1) is 12.4. The zero-order valence-corrected chi connectivity index (χ0v) is 10.7. The molecule has 0 aromatic carbocycles. The maximum Gasteiger partial charge on any atom is 0.00953 e. The molecule has 0 aromatic rings. The van der Waals surface area contributed by atoms with Crippen molar-refractivity contribution in [1.29, 1.82) is 0 Å². The van der Waals surface area contributed by atoms with Crippen molar-refractivity contribution in [1.82, 2.24) is 5.32 Å². The van der Waals surface area contributed by atoms with Gasteiger partial charge in [-0.1, -0.05) is 20.8 Å². The van der Waals surface area contributed by atoms with E-state index in [9.17, 15) is 0 Å². The molecule has 1 fully saturated rings. The highest BCUT2D eigenvalue weighted by molar-refractivity contribution is 7.99. The Balaban J connectivity index is 2.01. The summed E-state index contributed by atoms with van der Waals surface area (Å²) in [6.07, 6.45) is 4.14. The predicted molar refractivity (Wildman–Crippen MR) is 67.0 cm³/mol. The van der Waals surface area contributed by atoms with Gasteiger partial charge >= 0.3 is 0 Å². The van der Waals surface area contributed by atoms with Gasteiger partial charge in [-0.15, -0.1) is 0 Å². The molecule has 0 aromatic heterocycles. The van der Waals surface area contributed by atoms with Gasteiger partial charge in [-0.05, 0) is 49.1 Å². The molecule has 14 heavy (non-hydrogen) atoms. The molecule has 1 nitrogen and oxygen atoms in total. The summed E-state index contributed by atoms with van der Waals surface area (Å²) >= 11 is 2.05. The van der Waals surface area contributed by atoms with Crippen molar-refractivity contribution in [3.8, 4) is 0 Å². The average molecular weight is 215 g/mol. The smallest absolute Gasteiger partial charge is 0.00953 e. The van der Waals surface area contributed by atoms with Crippen LogP contribution in [-0.2, 0) is 0 Å². The van der Waals surface area contributed by atoms with Gasteiger partial charge in [0.05, 0.1) is 0 Å². The van der Waals surface area contributed by atoms with Crippen molar-refractivity contribution in [3.05, 3.63) is 0 Å². The van der Waals surface area contributed by atoms with E-state index in [2.05, 4.69) is 37.8 Å². The normalized spacial score (nSPS) is 32.4. The van der Waals surface area contributed by atoms with Gasteiger partial charge in [0.15, 0.2) is 0 Å². The van der Waals surface area contributed by atoms with Gasteiger partial charge in [-0.2, -0.15) is 11.8 Å². The Hall–Kier alpha value is 0.310. The highest BCUT2D eigenvalue weighted by Crippen LogP contribution is 2.30. The van der Waals surface area contributed by atoms with Crippen molar-refractivity contribution >= 4 is 11.8 Å². The molecule has 0 aliphatic heterocycles. The van der Waals surface area contributed by atoms with Gasteiger partial charge in [0, 0.05) is 6.04 Å². The lowest BCUT2D eigenvalue weighted by molar-refractivity contribution is 0.372. The molecule has 0 heterocycles. The summed E-state index contributed by atoms with van der Waals surface area (Å²) in [6, 6.07) is 0.802. The molecular formula is C12H25NS. The Morgan fingerprint density at radius 1 is 1.29 bits per heavy atom. The van der Waals surface area contributed by atoms with E-state index < -0.39 is 0 Å². The van der Waals surface area contributed by atoms with Crippen LogP contribution >= 0.6 is 11.8 Å². The number of hydrogen-bond acceptors (Lipinski definition) is 2. The molecule has 0 bridgehead atoms. The lowest BCUT2D eigenvalue weighted by atomic mass is 9.98. The number of thioether (sulfide) groups is 1. The summed E-state index contributed by atoms with van der Waals surface area (Å²) in [5.74, 6) is 4.39. The minimum Gasteiger partial charge on any atom is -0.314 e. The van der Waals surface area contributed by atoms with E-state index in [1.807, 2.05) is 0 Å². The lowest BCUT2D eigenvalue weighted by Crippen LogP contribution is -2.33. The van der Waals surface area contributed by atoms with E-state index in [1.54, 1.807) is 0 Å². The average Bonchev–Trinajstić information content (AvgIpc) is 2.49. The van der Waals surface area contributed by atoms with Crippen LogP contribution in [0, 0.1) is 11.8 Å². The van der Waals surface area contributed by atoms with E-state index >= 15 is 0 Å². The van der Waals surface area contributed by atoms with Crippen LogP contribution in [0.3, 0.4) is 0 Å². The fourth-order valence-corrected chi connectivity index (χ4v) is 2.90. The molecule has 0 spiro atoms. The van der Waals surface area contributed by atoms with Crippen LogP contribution in [0.15, 0.2) is 0 Å². The lowest BCUT2D eigenvalue weighted by Gasteiger charge is -2.19. The molecular weight excluding hydrogens is 190 g/mol. The Morgan fingerprint density at radius 2 is 2.07 bits per heavy atom. The molecule has 1 aliphatic carbocycles. The Kier molecular flexibility index (Phi) is 5.95. The highest BCUT2D eigenvalue weighted by atomic mass is 32.2. The van der Waals surface area contributed by atoms with E-state index in [4.69, 9.17) is 0 Å². The number of hydrogen-bond donors (Lipinski definition) is 1. The number of nitrogens with one attached hydrogen (secondary N) is 1. The maximum absolute atomic E-state index is 3.71. The monoisotopic (exact) mass is 215 g/mol. The molecule has 3 unspecified atom stereocenters. The first-order valence-electron chi connectivity index (χ1n) is 6.06. The van der Waals surface area contributed by atoms with Crippen molar-refractivity contribution in [2.24, 2.45) is 11.8 Å². The quantitative estimate of drug-likeness (QED) is 0.683. The van der Waals surface area contributed by atoms with Crippen LogP contribution in [0.25, 0.3) is 0 Å². The molecule has 3 atom stereocenters. The largest absolute Gasteiger partial charge is 0.314 e. The predicted octanol–water partition coefficient (Wildman–Crippen LogP) is 3.15. The summed E-state index contributed by atoms with van der Waals surface area (Å²) in [6.45, 7) is 8.24. The van der Waals surface area contributed by atoms with Gasteiger partial charge < -0.3 is 5.32 Å². The molecule has 0 saturated heterocycles. The summed E-state index contributed by atoms with van der Waals surface area (Å²) < 4.78 is 0. The van der Waals surface area contributed by atoms with Crippen LogP contribution in [0.1, 0.15) is 40.0 Å². The van der Waals surface area contributed by atoms with E-state index in [1.165, 1.54) is 37.3 Å². The van der Waals surface area contributed by atoms with Gasteiger partial charge in [0.2, 0.25) is 0 Å². The van der Waals surface area contributed by atoms with Crippen LogP contribution in [0.4, 0.5) is 0 Å². The molecule has 0 amide bonds. The fourth-order valence-electron chi connectivity index (χ4n) is 2.26. The Morgan fingerprint density at radius 3 is 2.64 bits per heavy atom. The zero-order chi connectivity index (χ0) is 10.4. The highest BCUT2D eigenvalue weighted by Gasteiger charge is 2.28. The van der Waals surface area contributed by atoms with Crippen LogP contribution in [-0.4, -0.2) is 24.1 Å². The van der Waals surface area contributed by atoms with Gasteiger partial charge in [0.25, 0.3) is 0 Å². The third-order valence-corrected chi connectivity index (χ3v) is 4.53. The zero-order valence-electron chi connectivity index (χ0n) is 9.88. The molecule has 1 saturated carbocycles. The fraction of sp³-hybridized carbons (Fsp3) is 1.00. The first-order valence-corrected chi connectivity index (χ1v) is 7.22. The van der Waals surface area contributed by atoms with Gasteiger partial charge in [-0.3, -0.25) is 0 Å². The second kappa shape index (κ2) is 6.73. The maximum atomic E-state index is 3.71. The minimum absolute atomic E-state index is 0.802. The molecule has 1 aliphatic rings. The third kappa shape index (κ3) is 3.82. The van der Waals surface area contributed by atoms with Crippen molar-refractivity contribution in [2.75, 3.05) is 18.1 Å². The van der Waals surface area contributed by atoms with Crippen LogP contribution in [0.2, 0.25) is 0 Å². The minimum atomic E-state index is 0.802. The first-order chi connectivity index (χ1) is 6.75. The van der Waals surface area contributed by atoms with E-state index in [0.717, 1.165) is 17.9 Å². The molecule has 84 valence electrons. The van der Waals surface area contributed by atoms with Crippen LogP contribution < -0.4 is 5.32 Å². The van der Waals surface area contributed by atoms with E-state index in [0.29, 0.717) is 0 Å². The van der Waals surface area contributed by atoms with Crippen molar-refractivity contribution in [3.63, 3.8) is 0 Å². The standard InChI is InChI=1S/C12H25NS/c1-4-14-9-5-8-13-12-7-6-10(2)11(12)3/h10-13H,4-9H2,1-3H3. The summed E-state index contributed by atoms with van der Waals surface area (Å²) in [7, 11) is 0.